The Kier molecular flexibility index (Phi) is 3.17. The summed E-state index contributed by atoms with van der Waals surface area (Å²) < 4.78 is 2.12. The summed E-state index contributed by atoms with van der Waals surface area (Å²) in [4.78, 5) is 17.3. The van der Waals surface area contributed by atoms with E-state index in [1.54, 1.807) is 13.1 Å². The molecule has 0 fully saturated rings. The van der Waals surface area contributed by atoms with Crippen LogP contribution in [0.5, 0.6) is 0 Å². The van der Waals surface area contributed by atoms with E-state index in [4.69, 9.17) is 10.8 Å². The van der Waals surface area contributed by atoms with E-state index in [1.165, 1.54) is 0 Å². The smallest absolute Gasteiger partial charge is 0.323 e. The molecule has 6 nitrogen and oxygen atoms in total. The number of aromatic nitrogens is 2. The largest absolute Gasteiger partial charge is 0.480 e. The van der Waals surface area contributed by atoms with Crippen LogP contribution in [0.25, 0.3) is 0 Å². The molecule has 2 rings (SSSR count). The van der Waals surface area contributed by atoms with Crippen molar-refractivity contribution in [2.45, 2.75) is 32.0 Å². The van der Waals surface area contributed by atoms with Crippen molar-refractivity contribution in [1.29, 1.82) is 0 Å². The van der Waals surface area contributed by atoms with Crippen LogP contribution in [0, 0.1) is 0 Å². The van der Waals surface area contributed by atoms with E-state index in [0.717, 1.165) is 25.5 Å². The first-order valence-electron chi connectivity index (χ1n) is 5.74. The molecule has 1 unspecified atom stereocenters. The van der Waals surface area contributed by atoms with Crippen LogP contribution in [0.15, 0.2) is 12.4 Å². The highest BCUT2D eigenvalue weighted by atomic mass is 16.4. The second-order valence-electron chi connectivity index (χ2n) is 4.79. The van der Waals surface area contributed by atoms with Gasteiger partial charge in [-0.3, -0.25) is 9.69 Å². The highest BCUT2D eigenvalue weighted by Gasteiger charge is 2.28. The van der Waals surface area contributed by atoms with E-state index in [-0.39, 0.29) is 0 Å². The number of carboxylic acid groups (broad SMARTS) is 1. The highest BCUT2D eigenvalue weighted by molar-refractivity contribution is 5.77. The third-order valence-corrected chi connectivity index (χ3v) is 3.26. The SMILES string of the molecule is CC(N)(CCN1CCn2ccnc2C1)C(=O)O. The molecule has 0 saturated carbocycles. The molecule has 1 aliphatic rings. The maximum atomic E-state index is 10.9. The van der Waals surface area contributed by atoms with E-state index >= 15 is 0 Å². The zero-order valence-electron chi connectivity index (χ0n) is 9.96. The molecule has 1 aromatic rings. The molecule has 2 heterocycles. The minimum atomic E-state index is -1.15. The van der Waals surface area contributed by atoms with Gasteiger partial charge >= 0.3 is 5.97 Å². The van der Waals surface area contributed by atoms with Gasteiger partial charge in [0.1, 0.15) is 11.4 Å². The molecule has 0 aromatic carbocycles. The van der Waals surface area contributed by atoms with Crippen LogP contribution < -0.4 is 5.73 Å². The Balaban J connectivity index is 1.88. The van der Waals surface area contributed by atoms with Gasteiger partial charge in [-0.15, -0.1) is 0 Å². The molecule has 0 spiro atoms. The van der Waals surface area contributed by atoms with Crippen molar-refractivity contribution in [3.05, 3.63) is 18.2 Å². The molecular weight excluding hydrogens is 220 g/mol. The Morgan fingerprint density at radius 2 is 2.41 bits per heavy atom. The van der Waals surface area contributed by atoms with Crippen molar-refractivity contribution in [2.24, 2.45) is 5.73 Å². The molecule has 1 aromatic heterocycles. The number of hydrogen-bond donors (Lipinski definition) is 2. The Labute approximate surface area is 100 Å². The van der Waals surface area contributed by atoms with Crippen molar-refractivity contribution in [3.8, 4) is 0 Å². The topological polar surface area (TPSA) is 84.4 Å². The van der Waals surface area contributed by atoms with Gasteiger partial charge in [-0.1, -0.05) is 0 Å². The molecule has 0 amide bonds. The molecule has 94 valence electrons. The van der Waals surface area contributed by atoms with E-state index in [9.17, 15) is 4.79 Å². The fourth-order valence-corrected chi connectivity index (χ4v) is 1.91. The molecule has 1 aliphatic heterocycles. The summed E-state index contributed by atoms with van der Waals surface area (Å²) in [6.45, 7) is 4.83. The molecule has 0 radical (unpaired) electrons. The first-order chi connectivity index (χ1) is 7.99. The Hall–Kier alpha value is -1.40. The highest BCUT2D eigenvalue weighted by Crippen LogP contribution is 2.13. The van der Waals surface area contributed by atoms with E-state index in [1.807, 2.05) is 6.20 Å². The van der Waals surface area contributed by atoms with Gasteiger partial charge in [0.25, 0.3) is 0 Å². The Morgan fingerprint density at radius 3 is 3.12 bits per heavy atom. The zero-order valence-corrected chi connectivity index (χ0v) is 9.96. The third kappa shape index (κ3) is 2.65. The van der Waals surface area contributed by atoms with E-state index in [2.05, 4.69) is 14.5 Å². The van der Waals surface area contributed by atoms with Crippen LogP contribution in [-0.4, -0.2) is 44.2 Å². The molecule has 17 heavy (non-hydrogen) atoms. The minimum Gasteiger partial charge on any atom is -0.480 e. The number of hydrogen-bond acceptors (Lipinski definition) is 4. The summed E-state index contributed by atoms with van der Waals surface area (Å²) in [5.74, 6) is 0.0845. The maximum absolute atomic E-state index is 10.9. The standard InChI is InChI=1S/C11H18N4O2/c1-11(12,10(16)17)2-4-14-6-7-15-5-3-13-9(15)8-14/h3,5H,2,4,6-8,12H2,1H3,(H,16,17). The van der Waals surface area contributed by atoms with Crippen LogP contribution in [0.1, 0.15) is 19.2 Å². The molecule has 0 saturated heterocycles. The van der Waals surface area contributed by atoms with Crippen LogP contribution in [0.4, 0.5) is 0 Å². The Bertz CT molecular complexity index is 413. The lowest BCUT2D eigenvalue weighted by Gasteiger charge is -2.30. The van der Waals surface area contributed by atoms with Gasteiger partial charge in [0.05, 0.1) is 6.54 Å². The summed E-state index contributed by atoms with van der Waals surface area (Å²) >= 11 is 0. The average Bonchev–Trinajstić information content (AvgIpc) is 2.73. The monoisotopic (exact) mass is 238 g/mol. The van der Waals surface area contributed by atoms with Crippen LogP contribution in [-0.2, 0) is 17.9 Å². The average molecular weight is 238 g/mol. The lowest BCUT2D eigenvalue weighted by molar-refractivity contribution is -0.143. The van der Waals surface area contributed by atoms with Gasteiger partial charge in [-0.2, -0.15) is 0 Å². The number of carbonyl (C=O) groups is 1. The van der Waals surface area contributed by atoms with Gasteiger partial charge < -0.3 is 15.4 Å². The third-order valence-electron chi connectivity index (χ3n) is 3.26. The molecule has 0 aliphatic carbocycles. The second-order valence-corrected chi connectivity index (χ2v) is 4.79. The van der Waals surface area contributed by atoms with Gasteiger partial charge in [0, 0.05) is 32.0 Å². The van der Waals surface area contributed by atoms with Crippen molar-refractivity contribution in [1.82, 2.24) is 14.5 Å². The predicted molar refractivity (Wildman–Crippen MR) is 62.3 cm³/mol. The van der Waals surface area contributed by atoms with Crippen molar-refractivity contribution < 1.29 is 9.90 Å². The predicted octanol–water partition coefficient (Wildman–Crippen LogP) is -0.109. The van der Waals surface area contributed by atoms with Gasteiger partial charge in [0.2, 0.25) is 0 Å². The number of nitrogens with two attached hydrogens (primary N) is 1. The lowest BCUT2D eigenvalue weighted by Crippen LogP contribution is -2.48. The Morgan fingerprint density at radius 1 is 1.65 bits per heavy atom. The first kappa shape index (κ1) is 12.1. The minimum absolute atomic E-state index is 0.447. The first-order valence-corrected chi connectivity index (χ1v) is 5.74. The number of carboxylic acids is 1. The maximum Gasteiger partial charge on any atom is 0.323 e. The molecule has 6 heteroatoms. The number of aliphatic carboxylic acids is 1. The number of rotatable bonds is 4. The van der Waals surface area contributed by atoms with Crippen molar-refractivity contribution >= 4 is 5.97 Å². The fourth-order valence-electron chi connectivity index (χ4n) is 1.91. The summed E-state index contributed by atoms with van der Waals surface area (Å²) in [6.07, 6.45) is 4.21. The zero-order chi connectivity index (χ0) is 12.5. The molecule has 1 atom stereocenters. The number of fused-ring (bicyclic) bond motifs is 1. The van der Waals surface area contributed by atoms with Crippen LogP contribution in [0.3, 0.4) is 0 Å². The lowest BCUT2D eigenvalue weighted by atomic mass is 9.99. The quantitative estimate of drug-likeness (QED) is 0.764. The van der Waals surface area contributed by atoms with Crippen LogP contribution in [0.2, 0.25) is 0 Å². The fraction of sp³-hybridized carbons (Fsp3) is 0.636. The van der Waals surface area contributed by atoms with Crippen molar-refractivity contribution in [2.75, 3.05) is 13.1 Å². The molecular formula is C11H18N4O2. The summed E-state index contributed by atoms with van der Waals surface area (Å²) in [6, 6.07) is 0. The van der Waals surface area contributed by atoms with Gasteiger partial charge in [-0.25, -0.2) is 4.98 Å². The number of imidazole rings is 1. The van der Waals surface area contributed by atoms with E-state index < -0.39 is 11.5 Å². The van der Waals surface area contributed by atoms with Crippen molar-refractivity contribution in [3.63, 3.8) is 0 Å². The van der Waals surface area contributed by atoms with Crippen LogP contribution >= 0.6 is 0 Å². The molecule has 3 N–H and O–H groups in total. The van der Waals surface area contributed by atoms with Gasteiger partial charge in [0.15, 0.2) is 0 Å². The second kappa shape index (κ2) is 4.46. The van der Waals surface area contributed by atoms with E-state index in [0.29, 0.717) is 13.0 Å². The molecule has 0 bridgehead atoms. The van der Waals surface area contributed by atoms with Gasteiger partial charge in [-0.05, 0) is 13.3 Å². The summed E-state index contributed by atoms with van der Waals surface area (Å²) in [5, 5.41) is 8.94. The normalized spacial score (nSPS) is 19.6. The number of nitrogens with zero attached hydrogens (tertiary/aromatic N) is 3. The summed E-state index contributed by atoms with van der Waals surface area (Å²) in [7, 11) is 0. The summed E-state index contributed by atoms with van der Waals surface area (Å²) in [5.41, 5.74) is 4.56.